The fraction of sp³-hybridized carbons (Fsp3) is 0.609. The summed E-state index contributed by atoms with van der Waals surface area (Å²) in [5.41, 5.74) is 1.64. The van der Waals surface area contributed by atoms with Gasteiger partial charge in [-0.2, -0.15) is 0 Å². The fourth-order valence-corrected chi connectivity index (χ4v) is 3.50. The van der Waals surface area contributed by atoms with Crippen molar-refractivity contribution in [1.29, 1.82) is 0 Å². The first-order valence-electron chi connectivity index (χ1n) is 10.4. The molecule has 1 atom stereocenters. The molecule has 1 aromatic carbocycles. The molecule has 2 rings (SSSR count). The van der Waals surface area contributed by atoms with E-state index in [1.165, 1.54) is 57.8 Å². The zero-order valence-electron chi connectivity index (χ0n) is 16.2. The Morgan fingerprint density at radius 3 is 2.15 bits per heavy atom. The van der Waals surface area contributed by atoms with Crippen molar-refractivity contribution < 1.29 is 14.6 Å². The molecule has 144 valence electrons. The van der Waals surface area contributed by atoms with E-state index in [9.17, 15) is 9.90 Å². The van der Waals surface area contributed by atoms with Crippen LogP contribution in [0.1, 0.15) is 101 Å². The number of carbonyl (C=O) groups excluding carboxylic acids is 1. The van der Waals surface area contributed by atoms with Crippen LogP contribution in [0.5, 0.6) is 0 Å². The van der Waals surface area contributed by atoms with E-state index in [1.54, 1.807) is 6.08 Å². The molecule has 1 unspecified atom stereocenters. The van der Waals surface area contributed by atoms with Gasteiger partial charge in [0.15, 0.2) is 0 Å². The summed E-state index contributed by atoms with van der Waals surface area (Å²) in [7, 11) is 0. The summed E-state index contributed by atoms with van der Waals surface area (Å²) in [6.45, 7) is 2.25. The number of hydrogen-bond acceptors (Lipinski definition) is 3. The maximum Gasteiger partial charge on any atom is 0.311 e. The standard InChI is InChI=1S/C23H34O3/c1-2-3-4-5-6-7-8-9-10-11-12-17-23(25)26-22-18-21(24)19-15-13-14-16-20(19)22/h13-16,18,21,24H,2-12,17H2,1H3. The highest BCUT2D eigenvalue weighted by atomic mass is 16.5. The maximum absolute atomic E-state index is 12.0. The molecule has 0 saturated heterocycles. The summed E-state index contributed by atoms with van der Waals surface area (Å²) in [5.74, 6) is 0.303. The highest BCUT2D eigenvalue weighted by Crippen LogP contribution is 2.34. The quantitative estimate of drug-likeness (QED) is 0.331. The monoisotopic (exact) mass is 358 g/mol. The van der Waals surface area contributed by atoms with Gasteiger partial charge in [0.05, 0.1) is 0 Å². The lowest BCUT2D eigenvalue weighted by molar-refractivity contribution is -0.136. The molecular weight excluding hydrogens is 324 g/mol. The smallest absolute Gasteiger partial charge is 0.311 e. The molecule has 0 amide bonds. The van der Waals surface area contributed by atoms with Gasteiger partial charge in [-0.25, -0.2) is 0 Å². The van der Waals surface area contributed by atoms with Crippen molar-refractivity contribution >= 4 is 11.7 Å². The van der Waals surface area contributed by atoms with E-state index in [-0.39, 0.29) is 5.97 Å². The van der Waals surface area contributed by atoms with Gasteiger partial charge in [-0.05, 0) is 18.1 Å². The van der Waals surface area contributed by atoms with Gasteiger partial charge in [-0.15, -0.1) is 0 Å². The fourth-order valence-electron chi connectivity index (χ4n) is 3.50. The van der Waals surface area contributed by atoms with Gasteiger partial charge in [0.1, 0.15) is 11.9 Å². The number of ether oxygens (including phenoxy) is 1. The summed E-state index contributed by atoms with van der Waals surface area (Å²) in [4.78, 5) is 12.0. The lowest BCUT2D eigenvalue weighted by atomic mass is 10.1. The largest absolute Gasteiger partial charge is 0.426 e. The highest BCUT2D eigenvalue weighted by Gasteiger charge is 2.23. The molecule has 0 spiro atoms. The van der Waals surface area contributed by atoms with Gasteiger partial charge in [0.25, 0.3) is 0 Å². The van der Waals surface area contributed by atoms with Crippen molar-refractivity contribution in [2.75, 3.05) is 0 Å². The third-order valence-electron chi connectivity index (χ3n) is 5.06. The van der Waals surface area contributed by atoms with Gasteiger partial charge in [-0.1, -0.05) is 95.4 Å². The molecule has 0 fully saturated rings. The molecular formula is C23H34O3. The van der Waals surface area contributed by atoms with E-state index >= 15 is 0 Å². The molecule has 0 aliphatic heterocycles. The van der Waals surface area contributed by atoms with Crippen molar-refractivity contribution in [3.05, 3.63) is 41.5 Å². The number of esters is 1. The van der Waals surface area contributed by atoms with Crippen molar-refractivity contribution in [2.45, 2.75) is 90.1 Å². The second-order valence-corrected chi connectivity index (χ2v) is 7.32. The van der Waals surface area contributed by atoms with E-state index < -0.39 is 6.10 Å². The number of fused-ring (bicyclic) bond motifs is 1. The van der Waals surface area contributed by atoms with Crippen LogP contribution in [0.15, 0.2) is 30.3 Å². The molecule has 26 heavy (non-hydrogen) atoms. The van der Waals surface area contributed by atoms with E-state index in [0.29, 0.717) is 12.2 Å². The average molecular weight is 359 g/mol. The Bertz CT molecular complexity index is 577. The van der Waals surface area contributed by atoms with Gasteiger partial charge in [0.2, 0.25) is 0 Å². The number of hydrogen-bond donors (Lipinski definition) is 1. The SMILES string of the molecule is CCCCCCCCCCCCCC(=O)OC1=CC(O)c2ccccc21. The minimum atomic E-state index is -0.670. The molecule has 3 heteroatoms. The first-order chi connectivity index (χ1) is 12.7. The average Bonchev–Trinajstić information content (AvgIpc) is 2.96. The molecule has 0 heterocycles. The zero-order chi connectivity index (χ0) is 18.6. The van der Waals surface area contributed by atoms with Crippen LogP contribution in [0.25, 0.3) is 5.76 Å². The highest BCUT2D eigenvalue weighted by molar-refractivity contribution is 5.81. The van der Waals surface area contributed by atoms with Crippen molar-refractivity contribution in [2.24, 2.45) is 0 Å². The van der Waals surface area contributed by atoms with Gasteiger partial charge in [0, 0.05) is 12.0 Å². The second-order valence-electron chi connectivity index (χ2n) is 7.32. The van der Waals surface area contributed by atoms with Crippen molar-refractivity contribution in [3.8, 4) is 0 Å². The van der Waals surface area contributed by atoms with Crippen LogP contribution in [0.3, 0.4) is 0 Å². The van der Waals surface area contributed by atoms with Crippen LogP contribution in [0, 0.1) is 0 Å². The topological polar surface area (TPSA) is 46.5 Å². The van der Waals surface area contributed by atoms with Crippen LogP contribution in [0.4, 0.5) is 0 Å². The summed E-state index contributed by atoms with van der Waals surface area (Å²) >= 11 is 0. The Labute approximate surface area is 158 Å². The second kappa shape index (κ2) is 11.9. The minimum Gasteiger partial charge on any atom is -0.426 e. The molecule has 1 aliphatic carbocycles. The molecule has 1 N–H and O–H groups in total. The van der Waals surface area contributed by atoms with E-state index in [0.717, 1.165) is 24.0 Å². The number of rotatable bonds is 13. The Hall–Kier alpha value is -1.61. The Morgan fingerprint density at radius 1 is 0.923 bits per heavy atom. The van der Waals surface area contributed by atoms with Gasteiger partial charge < -0.3 is 9.84 Å². The molecule has 1 aromatic rings. The zero-order valence-corrected chi connectivity index (χ0v) is 16.2. The number of unbranched alkanes of at least 4 members (excludes halogenated alkanes) is 10. The van der Waals surface area contributed by atoms with Crippen molar-refractivity contribution in [1.82, 2.24) is 0 Å². The van der Waals surface area contributed by atoms with Crippen LogP contribution < -0.4 is 0 Å². The Morgan fingerprint density at radius 2 is 1.50 bits per heavy atom. The van der Waals surface area contributed by atoms with Crippen LogP contribution in [-0.2, 0) is 9.53 Å². The molecule has 0 aromatic heterocycles. The van der Waals surface area contributed by atoms with Gasteiger partial charge >= 0.3 is 5.97 Å². The summed E-state index contributed by atoms with van der Waals surface area (Å²) in [5, 5.41) is 9.97. The summed E-state index contributed by atoms with van der Waals surface area (Å²) < 4.78 is 5.46. The number of benzene rings is 1. The third kappa shape index (κ3) is 6.95. The van der Waals surface area contributed by atoms with Gasteiger partial charge in [-0.3, -0.25) is 4.79 Å². The molecule has 1 aliphatic rings. The van der Waals surface area contributed by atoms with E-state index in [1.807, 2.05) is 24.3 Å². The van der Waals surface area contributed by atoms with E-state index in [2.05, 4.69) is 6.92 Å². The number of aliphatic hydroxyl groups is 1. The van der Waals surface area contributed by atoms with Crippen LogP contribution in [-0.4, -0.2) is 11.1 Å². The third-order valence-corrected chi connectivity index (χ3v) is 5.06. The first-order valence-corrected chi connectivity index (χ1v) is 10.4. The normalized spacial score (nSPS) is 15.6. The lowest BCUT2D eigenvalue weighted by Crippen LogP contribution is -2.03. The summed E-state index contributed by atoms with van der Waals surface area (Å²) in [6, 6.07) is 7.52. The number of carbonyl (C=O) groups is 1. The molecule has 3 nitrogen and oxygen atoms in total. The molecule has 0 bridgehead atoms. The minimum absolute atomic E-state index is 0.198. The maximum atomic E-state index is 12.0. The predicted octanol–water partition coefficient (Wildman–Crippen LogP) is 6.32. The predicted molar refractivity (Wildman–Crippen MR) is 107 cm³/mol. The van der Waals surface area contributed by atoms with E-state index in [4.69, 9.17) is 4.74 Å². The van der Waals surface area contributed by atoms with Crippen LogP contribution in [0.2, 0.25) is 0 Å². The Kier molecular flexibility index (Phi) is 9.47. The lowest BCUT2D eigenvalue weighted by Gasteiger charge is -2.07. The number of aliphatic hydroxyl groups excluding tert-OH is 1. The molecule has 0 radical (unpaired) electrons. The van der Waals surface area contributed by atoms with Crippen molar-refractivity contribution in [3.63, 3.8) is 0 Å². The Balaban J connectivity index is 1.51. The van der Waals surface area contributed by atoms with Crippen LogP contribution >= 0.6 is 0 Å². The molecule has 0 saturated carbocycles. The first kappa shape index (κ1) is 20.7. The summed E-state index contributed by atoms with van der Waals surface area (Å²) in [6.07, 6.45) is 15.3.